The van der Waals surface area contributed by atoms with Gasteiger partial charge in [-0.15, -0.1) is 0 Å². The molecule has 0 saturated carbocycles. The Morgan fingerprint density at radius 3 is 2.20 bits per heavy atom. The molecule has 82 valence electrons. The van der Waals surface area contributed by atoms with Gasteiger partial charge in [0.1, 0.15) is 0 Å². The van der Waals surface area contributed by atoms with Gasteiger partial charge in [-0.25, -0.2) is 0 Å². The second-order valence-corrected chi connectivity index (χ2v) is 2.73. The first-order chi connectivity index (χ1) is 7.36. The molecule has 0 amide bonds. The largest absolute Gasteiger partial charge is 0.264 e. The van der Waals surface area contributed by atoms with Crippen molar-refractivity contribution in [2.45, 2.75) is 34.6 Å². The van der Waals surface area contributed by atoms with E-state index in [-0.39, 0.29) is 0 Å². The minimum Gasteiger partial charge on any atom is -0.264 e. The molecule has 2 rings (SSSR count). The molecule has 15 heavy (non-hydrogen) atoms. The third-order valence-electron chi connectivity index (χ3n) is 1.80. The number of aryl methyl sites for hydroxylation is 1. The Kier molecular flexibility index (Phi) is 7.25. The lowest BCUT2D eigenvalue weighted by atomic mass is 10.1. The molecule has 1 heterocycles. The molecule has 0 aliphatic carbocycles. The normalized spacial score (nSPS) is 8.33. The smallest absolute Gasteiger partial charge is 0.0346 e. The Hall–Kier alpha value is -1.37. The van der Waals surface area contributed by atoms with Crippen molar-refractivity contribution >= 4 is 10.8 Å². The fourth-order valence-corrected chi connectivity index (χ4v) is 1.20. The number of aromatic nitrogens is 1. The highest BCUT2D eigenvalue weighted by molar-refractivity contribution is 5.81. The Labute approximate surface area is 93.2 Å². The van der Waals surface area contributed by atoms with Crippen LogP contribution in [0.25, 0.3) is 10.8 Å². The van der Waals surface area contributed by atoms with Crippen molar-refractivity contribution in [2.24, 2.45) is 0 Å². The van der Waals surface area contributed by atoms with Crippen molar-refractivity contribution in [3.63, 3.8) is 0 Å². The van der Waals surface area contributed by atoms with Gasteiger partial charge in [0.05, 0.1) is 0 Å². The van der Waals surface area contributed by atoms with E-state index >= 15 is 0 Å². The van der Waals surface area contributed by atoms with Crippen molar-refractivity contribution in [2.75, 3.05) is 0 Å². The van der Waals surface area contributed by atoms with E-state index in [0.29, 0.717) is 0 Å². The first-order valence-electron chi connectivity index (χ1n) is 5.67. The SMILES string of the molecule is CC.CC.Cc1ccc2ccncc2c1. The molecule has 0 radical (unpaired) electrons. The van der Waals surface area contributed by atoms with Gasteiger partial charge in [0.25, 0.3) is 0 Å². The van der Waals surface area contributed by atoms with Crippen LogP contribution in [0.1, 0.15) is 33.3 Å². The van der Waals surface area contributed by atoms with E-state index in [2.05, 4.69) is 30.1 Å². The second-order valence-electron chi connectivity index (χ2n) is 2.73. The average molecular weight is 203 g/mol. The lowest BCUT2D eigenvalue weighted by Gasteiger charge is -1.96. The van der Waals surface area contributed by atoms with Crippen molar-refractivity contribution in [1.29, 1.82) is 0 Å². The molecule has 0 spiro atoms. The van der Waals surface area contributed by atoms with E-state index in [4.69, 9.17) is 0 Å². The number of fused-ring (bicyclic) bond motifs is 1. The summed E-state index contributed by atoms with van der Waals surface area (Å²) in [4.78, 5) is 4.05. The number of rotatable bonds is 0. The van der Waals surface area contributed by atoms with Crippen LogP contribution in [-0.2, 0) is 0 Å². The molecule has 0 unspecified atom stereocenters. The Morgan fingerprint density at radius 1 is 0.867 bits per heavy atom. The Morgan fingerprint density at radius 2 is 1.53 bits per heavy atom. The molecule has 1 aromatic heterocycles. The molecule has 1 aromatic carbocycles. The van der Waals surface area contributed by atoms with Crippen molar-refractivity contribution in [1.82, 2.24) is 4.98 Å². The molecule has 0 N–H and O–H groups in total. The average Bonchev–Trinajstić information content (AvgIpc) is 2.34. The third kappa shape index (κ3) is 4.11. The third-order valence-corrected chi connectivity index (χ3v) is 1.80. The molecule has 0 bridgehead atoms. The lowest BCUT2D eigenvalue weighted by Crippen LogP contribution is -1.75. The van der Waals surface area contributed by atoms with E-state index in [0.717, 1.165) is 0 Å². The molecule has 1 nitrogen and oxygen atoms in total. The van der Waals surface area contributed by atoms with Crippen LogP contribution in [0.3, 0.4) is 0 Å². The topological polar surface area (TPSA) is 12.9 Å². The first kappa shape index (κ1) is 13.6. The number of nitrogens with zero attached hydrogens (tertiary/aromatic N) is 1. The van der Waals surface area contributed by atoms with E-state index < -0.39 is 0 Å². The number of hydrogen-bond donors (Lipinski definition) is 0. The molecule has 0 atom stereocenters. The fraction of sp³-hybridized carbons (Fsp3) is 0.357. The summed E-state index contributed by atoms with van der Waals surface area (Å²) in [5, 5.41) is 2.47. The zero-order chi connectivity index (χ0) is 11.7. The monoisotopic (exact) mass is 203 g/mol. The van der Waals surface area contributed by atoms with Crippen LogP contribution < -0.4 is 0 Å². The zero-order valence-corrected chi connectivity index (χ0v) is 10.4. The van der Waals surface area contributed by atoms with Crippen LogP contribution >= 0.6 is 0 Å². The lowest BCUT2D eigenvalue weighted by molar-refractivity contribution is 1.36. The summed E-state index contributed by atoms with van der Waals surface area (Å²) in [5.41, 5.74) is 1.28. The quantitative estimate of drug-likeness (QED) is 0.610. The van der Waals surface area contributed by atoms with Gasteiger partial charge in [0.2, 0.25) is 0 Å². The Balaban J connectivity index is 0.000000442. The van der Waals surface area contributed by atoms with Crippen LogP contribution in [-0.4, -0.2) is 4.98 Å². The minimum atomic E-state index is 1.22. The maximum Gasteiger partial charge on any atom is 0.0346 e. The van der Waals surface area contributed by atoms with Crippen LogP contribution in [0, 0.1) is 6.92 Å². The van der Waals surface area contributed by atoms with Gasteiger partial charge in [-0.3, -0.25) is 4.98 Å². The molecule has 0 aliphatic rings. The van der Waals surface area contributed by atoms with Crippen LogP contribution in [0.15, 0.2) is 36.7 Å². The van der Waals surface area contributed by atoms with Gasteiger partial charge in [-0.05, 0) is 24.4 Å². The van der Waals surface area contributed by atoms with Crippen molar-refractivity contribution in [3.8, 4) is 0 Å². The highest BCUT2D eigenvalue weighted by atomic mass is 14.6. The molecule has 0 fully saturated rings. The molecule has 0 aliphatic heterocycles. The number of pyridine rings is 1. The molecule has 1 heteroatoms. The molecular weight excluding hydrogens is 182 g/mol. The van der Waals surface area contributed by atoms with E-state index in [1.807, 2.05) is 46.2 Å². The number of hydrogen-bond acceptors (Lipinski definition) is 1. The summed E-state index contributed by atoms with van der Waals surface area (Å²) < 4.78 is 0. The van der Waals surface area contributed by atoms with E-state index in [1.165, 1.54) is 16.3 Å². The predicted octanol–water partition coefficient (Wildman–Crippen LogP) is 4.60. The van der Waals surface area contributed by atoms with Gasteiger partial charge >= 0.3 is 0 Å². The minimum absolute atomic E-state index is 1.22. The standard InChI is InChI=1S/C10H9N.2C2H6/c1-8-2-3-9-4-5-11-7-10(9)6-8;2*1-2/h2-7H,1H3;2*1-2H3. The van der Waals surface area contributed by atoms with Gasteiger partial charge in [-0.1, -0.05) is 45.4 Å². The number of benzene rings is 1. The van der Waals surface area contributed by atoms with Crippen molar-refractivity contribution < 1.29 is 0 Å². The maximum absolute atomic E-state index is 4.05. The summed E-state index contributed by atoms with van der Waals surface area (Å²) in [5.74, 6) is 0. The summed E-state index contributed by atoms with van der Waals surface area (Å²) in [6, 6.07) is 8.39. The summed E-state index contributed by atoms with van der Waals surface area (Å²) in [6.07, 6.45) is 3.71. The van der Waals surface area contributed by atoms with Gasteiger partial charge in [0.15, 0.2) is 0 Å². The predicted molar refractivity (Wildman–Crippen MR) is 69.2 cm³/mol. The molecule has 0 saturated heterocycles. The molecular formula is C14H21N. The van der Waals surface area contributed by atoms with Crippen LogP contribution in [0.5, 0.6) is 0 Å². The van der Waals surface area contributed by atoms with Crippen LogP contribution in [0.2, 0.25) is 0 Å². The summed E-state index contributed by atoms with van der Waals surface area (Å²) >= 11 is 0. The second kappa shape index (κ2) is 7.98. The first-order valence-corrected chi connectivity index (χ1v) is 5.67. The van der Waals surface area contributed by atoms with Crippen molar-refractivity contribution in [3.05, 3.63) is 42.2 Å². The highest BCUT2D eigenvalue weighted by Gasteiger charge is 1.90. The zero-order valence-electron chi connectivity index (χ0n) is 10.4. The van der Waals surface area contributed by atoms with Gasteiger partial charge < -0.3 is 0 Å². The van der Waals surface area contributed by atoms with E-state index in [9.17, 15) is 0 Å². The molecule has 2 aromatic rings. The fourth-order valence-electron chi connectivity index (χ4n) is 1.20. The summed E-state index contributed by atoms with van der Waals surface area (Å²) in [6.45, 7) is 10.1. The van der Waals surface area contributed by atoms with Gasteiger partial charge in [0, 0.05) is 17.8 Å². The van der Waals surface area contributed by atoms with Gasteiger partial charge in [-0.2, -0.15) is 0 Å². The summed E-state index contributed by atoms with van der Waals surface area (Å²) in [7, 11) is 0. The maximum atomic E-state index is 4.05. The van der Waals surface area contributed by atoms with E-state index in [1.54, 1.807) is 0 Å². The van der Waals surface area contributed by atoms with Crippen LogP contribution in [0.4, 0.5) is 0 Å². The highest BCUT2D eigenvalue weighted by Crippen LogP contribution is 2.12. The Bertz CT molecular complexity index is 380.